The summed E-state index contributed by atoms with van der Waals surface area (Å²) in [4.78, 5) is 11.8. The third-order valence-electron chi connectivity index (χ3n) is 8.08. The van der Waals surface area contributed by atoms with Crippen LogP contribution in [0.25, 0.3) is 39.1 Å². The Bertz CT molecular complexity index is 1830. The molecule has 222 valence electrons. The van der Waals surface area contributed by atoms with Crippen molar-refractivity contribution >= 4 is 22.3 Å². The zero-order chi connectivity index (χ0) is 29.6. The minimum absolute atomic E-state index is 0.183. The molecule has 2 fully saturated rings. The van der Waals surface area contributed by atoms with E-state index in [-0.39, 0.29) is 5.56 Å². The van der Waals surface area contributed by atoms with Crippen molar-refractivity contribution in [3.63, 3.8) is 0 Å². The summed E-state index contributed by atoms with van der Waals surface area (Å²) < 4.78 is 63.4. The molecule has 1 aliphatic carbocycles. The number of pyridine rings is 1. The minimum Gasteiger partial charge on any atom is -0.760 e. The zero-order valence-corrected chi connectivity index (χ0v) is 23.9. The predicted molar refractivity (Wildman–Crippen MR) is 156 cm³/mol. The molecule has 2 aromatic carbocycles. The normalized spacial score (nSPS) is 17.4. The van der Waals surface area contributed by atoms with Gasteiger partial charge in [0.05, 0.1) is 48.2 Å². The second-order valence-corrected chi connectivity index (χ2v) is 11.6. The molecular weight excluding hydrogens is 576 g/mol. The van der Waals surface area contributed by atoms with E-state index < -0.39 is 28.4 Å². The molecule has 43 heavy (non-hydrogen) atoms. The molecule has 1 saturated heterocycles. The fourth-order valence-electron chi connectivity index (χ4n) is 5.54. The monoisotopic (exact) mass is 604 g/mol. The van der Waals surface area contributed by atoms with E-state index in [9.17, 15) is 17.5 Å². The van der Waals surface area contributed by atoms with E-state index in [0.717, 1.165) is 67.6 Å². The molecule has 4 heterocycles. The number of ether oxygens (including phenoxy) is 1. The van der Waals surface area contributed by atoms with Crippen molar-refractivity contribution in [2.75, 3.05) is 32.8 Å². The Labute approximate surface area is 248 Å². The minimum atomic E-state index is -2.52. The lowest BCUT2D eigenvalue weighted by molar-refractivity contribution is 0.0360. The van der Waals surface area contributed by atoms with Gasteiger partial charge in [0, 0.05) is 54.3 Å². The Balaban J connectivity index is 1.21. The molecule has 0 radical (unpaired) electrons. The quantitative estimate of drug-likeness (QED) is 0.254. The van der Waals surface area contributed by atoms with Crippen LogP contribution in [0.4, 0.5) is 8.78 Å². The van der Waals surface area contributed by atoms with E-state index in [1.807, 2.05) is 35.3 Å². The molecule has 7 rings (SSSR count). The van der Waals surface area contributed by atoms with Gasteiger partial charge in [0.25, 0.3) is 0 Å². The van der Waals surface area contributed by atoms with E-state index >= 15 is 0 Å². The number of nitrogens with zero attached hydrogens (tertiary/aromatic N) is 6. The molecular formula is C30H28F2N7O3S-. The third-order valence-corrected chi connectivity index (χ3v) is 8.64. The number of hydrogen-bond acceptors (Lipinski definition) is 7. The highest BCUT2D eigenvalue weighted by Crippen LogP contribution is 2.46. The fourth-order valence-corrected chi connectivity index (χ4v) is 6.16. The first-order valence-electron chi connectivity index (χ1n) is 14.0. The molecule has 10 nitrogen and oxygen atoms in total. The summed E-state index contributed by atoms with van der Waals surface area (Å²) in [5.74, 6) is -0.969. The highest BCUT2D eigenvalue weighted by atomic mass is 32.2. The summed E-state index contributed by atoms with van der Waals surface area (Å²) in [6.45, 7) is 5.08. The van der Waals surface area contributed by atoms with E-state index in [1.54, 1.807) is 23.0 Å². The molecule has 2 aliphatic rings. The standard InChI is InChI=1S/C30H29F2N7O3S/c31-23-2-3-24(25(32)16-23)21-14-28(30(5-6-30)36-43(40)41)35-29(15-21)39-19-33-26-13-20(1-4-27(26)39)22-17-34-38(18-22)8-7-37-9-11-42-12-10-37/h1-4,13-19,36H,5-12H2,(H,40,41)/p-1. The summed E-state index contributed by atoms with van der Waals surface area (Å²) >= 11 is -2.52. The van der Waals surface area contributed by atoms with Crippen molar-refractivity contribution in [2.24, 2.45) is 0 Å². The Morgan fingerprint density at radius 1 is 1.00 bits per heavy atom. The Morgan fingerprint density at radius 3 is 2.60 bits per heavy atom. The number of nitrogens with one attached hydrogen (secondary N) is 1. The van der Waals surface area contributed by atoms with Crippen molar-refractivity contribution in [3.05, 3.63) is 84.6 Å². The Kier molecular flexibility index (Phi) is 7.35. The smallest absolute Gasteiger partial charge is 0.139 e. The van der Waals surface area contributed by atoms with Gasteiger partial charge in [-0.25, -0.2) is 23.5 Å². The number of benzene rings is 2. The second-order valence-electron chi connectivity index (χ2n) is 10.9. The van der Waals surface area contributed by atoms with Crippen LogP contribution in [-0.2, 0) is 28.1 Å². The molecule has 1 saturated carbocycles. The average Bonchev–Trinajstić information content (AvgIpc) is 3.42. The van der Waals surface area contributed by atoms with E-state index in [2.05, 4.69) is 19.7 Å². The lowest BCUT2D eigenvalue weighted by atomic mass is 10.0. The van der Waals surface area contributed by atoms with E-state index in [4.69, 9.17) is 9.72 Å². The summed E-state index contributed by atoms with van der Waals surface area (Å²) in [6.07, 6.45) is 6.60. The molecule has 3 aromatic heterocycles. The van der Waals surface area contributed by atoms with Gasteiger partial charge in [0.1, 0.15) is 23.8 Å². The first-order valence-corrected chi connectivity index (χ1v) is 15.1. The van der Waals surface area contributed by atoms with Crippen molar-refractivity contribution in [3.8, 4) is 28.1 Å². The van der Waals surface area contributed by atoms with Crippen LogP contribution < -0.4 is 4.72 Å². The van der Waals surface area contributed by atoms with Crippen LogP contribution in [0.1, 0.15) is 18.5 Å². The molecule has 13 heteroatoms. The highest BCUT2D eigenvalue weighted by molar-refractivity contribution is 7.77. The fraction of sp³-hybridized carbons (Fsp3) is 0.300. The third kappa shape index (κ3) is 5.74. The maximum absolute atomic E-state index is 14.9. The van der Waals surface area contributed by atoms with Crippen molar-refractivity contribution in [1.29, 1.82) is 0 Å². The first-order chi connectivity index (χ1) is 20.9. The van der Waals surface area contributed by atoms with Crippen molar-refractivity contribution < 1.29 is 22.3 Å². The largest absolute Gasteiger partial charge is 0.760 e. The van der Waals surface area contributed by atoms with Gasteiger partial charge in [-0.3, -0.25) is 18.4 Å². The lowest BCUT2D eigenvalue weighted by Crippen LogP contribution is -2.38. The van der Waals surface area contributed by atoms with Crippen LogP contribution in [0, 0.1) is 11.6 Å². The maximum atomic E-state index is 14.9. The molecule has 0 bridgehead atoms. The molecule has 1 N–H and O–H groups in total. The van der Waals surface area contributed by atoms with Crippen LogP contribution in [0.3, 0.4) is 0 Å². The van der Waals surface area contributed by atoms with Gasteiger partial charge in [0.2, 0.25) is 0 Å². The van der Waals surface area contributed by atoms with E-state index in [0.29, 0.717) is 29.9 Å². The molecule has 1 unspecified atom stereocenters. The highest BCUT2D eigenvalue weighted by Gasteiger charge is 2.46. The van der Waals surface area contributed by atoms with Gasteiger partial charge < -0.3 is 9.29 Å². The first kappa shape index (κ1) is 27.9. The van der Waals surface area contributed by atoms with Crippen LogP contribution in [0.15, 0.2) is 67.3 Å². The molecule has 0 amide bonds. The SMILES string of the molecule is O=S([O-])NC1(c2cc(-c3ccc(F)cc3F)cc(-n3cnc4cc(-c5cnn(CCN6CCOCC6)c5)ccc43)n2)CC1. The number of aromatic nitrogens is 5. The zero-order valence-electron chi connectivity index (χ0n) is 23.1. The number of fused-ring (bicyclic) bond motifs is 1. The van der Waals surface area contributed by atoms with Gasteiger partial charge in [-0.05, 0) is 60.4 Å². The average molecular weight is 605 g/mol. The van der Waals surface area contributed by atoms with Crippen LogP contribution in [0.2, 0.25) is 0 Å². The number of rotatable bonds is 9. The number of morpholine rings is 1. The molecule has 0 spiro atoms. The van der Waals surface area contributed by atoms with Gasteiger partial charge in [-0.1, -0.05) is 6.07 Å². The Morgan fingerprint density at radius 2 is 1.84 bits per heavy atom. The molecule has 1 atom stereocenters. The molecule has 1 aliphatic heterocycles. The maximum Gasteiger partial charge on any atom is 0.139 e. The number of hydrogen-bond donors (Lipinski definition) is 1. The lowest BCUT2D eigenvalue weighted by Gasteiger charge is -2.26. The van der Waals surface area contributed by atoms with Crippen LogP contribution in [0.5, 0.6) is 0 Å². The topological polar surface area (TPSA) is 113 Å². The van der Waals surface area contributed by atoms with Gasteiger partial charge >= 0.3 is 0 Å². The summed E-state index contributed by atoms with van der Waals surface area (Å²) in [7, 11) is 0. The van der Waals surface area contributed by atoms with Crippen molar-refractivity contribution in [1.82, 2.24) is 33.9 Å². The second kappa shape index (κ2) is 11.3. The Hall–Kier alpha value is -3.88. The van der Waals surface area contributed by atoms with Gasteiger partial charge in [0.15, 0.2) is 0 Å². The van der Waals surface area contributed by atoms with Crippen LogP contribution >= 0.6 is 0 Å². The predicted octanol–water partition coefficient (Wildman–Crippen LogP) is 3.93. The summed E-state index contributed by atoms with van der Waals surface area (Å²) in [6, 6.07) is 12.6. The number of halogens is 2. The summed E-state index contributed by atoms with van der Waals surface area (Å²) in [5, 5.41) is 4.54. The molecule has 5 aromatic rings. The van der Waals surface area contributed by atoms with Gasteiger partial charge in [-0.2, -0.15) is 5.10 Å². The van der Waals surface area contributed by atoms with Gasteiger partial charge in [-0.15, -0.1) is 0 Å². The summed E-state index contributed by atoms with van der Waals surface area (Å²) in [5.41, 5.74) is 3.64. The van der Waals surface area contributed by atoms with Crippen molar-refractivity contribution in [2.45, 2.75) is 24.9 Å². The van der Waals surface area contributed by atoms with Crippen LogP contribution in [-0.4, -0.2) is 70.8 Å². The number of imidazole rings is 1. The van der Waals surface area contributed by atoms with E-state index in [1.165, 1.54) is 12.1 Å².